The van der Waals surface area contributed by atoms with Gasteiger partial charge in [0.15, 0.2) is 16.5 Å². The highest BCUT2D eigenvalue weighted by Gasteiger charge is 2.12. The molecule has 3 nitrogen and oxygen atoms in total. The van der Waals surface area contributed by atoms with Crippen LogP contribution in [0.25, 0.3) is 0 Å². The first-order valence-corrected chi connectivity index (χ1v) is 5.61. The van der Waals surface area contributed by atoms with Gasteiger partial charge >= 0.3 is 0 Å². The van der Waals surface area contributed by atoms with E-state index in [9.17, 15) is 0 Å². The summed E-state index contributed by atoms with van der Waals surface area (Å²) >= 11 is 1.53. The lowest BCUT2D eigenvalue weighted by molar-refractivity contribution is 0.174. The van der Waals surface area contributed by atoms with Crippen molar-refractivity contribution in [2.75, 3.05) is 6.79 Å². The van der Waals surface area contributed by atoms with E-state index in [0.29, 0.717) is 6.79 Å². The van der Waals surface area contributed by atoms with Gasteiger partial charge in [-0.1, -0.05) is 5.92 Å². The molecule has 1 aliphatic heterocycles. The molecule has 0 atom stereocenters. The van der Waals surface area contributed by atoms with Crippen molar-refractivity contribution in [2.24, 2.45) is 0 Å². The maximum absolute atomic E-state index is 5.27. The quantitative estimate of drug-likeness (QED) is 0.649. The standard InChI is InChI=1S/C12H7NO2S/c1-3-10-11(15-8-14-10)7-9(1)2-4-12-13-5-6-16-12/h1,3,5-7H,8H2. The Kier molecular flexibility index (Phi) is 2.24. The minimum Gasteiger partial charge on any atom is -0.454 e. The van der Waals surface area contributed by atoms with Crippen LogP contribution in [0.1, 0.15) is 10.6 Å². The van der Waals surface area contributed by atoms with Gasteiger partial charge in [-0.05, 0) is 24.1 Å². The summed E-state index contributed by atoms with van der Waals surface area (Å²) in [6, 6.07) is 5.66. The predicted octanol–water partition coefficient (Wildman–Crippen LogP) is 2.27. The Morgan fingerprint density at radius 3 is 3.00 bits per heavy atom. The van der Waals surface area contributed by atoms with Crippen molar-refractivity contribution < 1.29 is 9.47 Å². The van der Waals surface area contributed by atoms with Crippen LogP contribution in [0.15, 0.2) is 29.8 Å². The van der Waals surface area contributed by atoms with Crippen molar-refractivity contribution in [2.45, 2.75) is 0 Å². The molecular formula is C12H7NO2S. The zero-order chi connectivity index (χ0) is 10.8. The molecule has 0 N–H and O–H groups in total. The Labute approximate surface area is 96.7 Å². The van der Waals surface area contributed by atoms with E-state index < -0.39 is 0 Å². The van der Waals surface area contributed by atoms with Crippen LogP contribution in [0, 0.1) is 11.8 Å². The van der Waals surface area contributed by atoms with Crippen LogP contribution in [0.4, 0.5) is 0 Å². The van der Waals surface area contributed by atoms with Crippen molar-refractivity contribution in [1.82, 2.24) is 4.98 Å². The number of rotatable bonds is 0. The summed E-state index contributed by atoms with van der Waals surface area (Å²) in [5.41, 5.74) is 0.902. The molecule has 0 fully saturated rings. The lowest BCUT2D eigenvalue weighted by atomic mass is 10.2. The van der Waals surface area contributed by atoms with E-state index in [-0.39, 0.29) is 0 Å². The molecule has 0 amide bonds. The third-order valence-electron chi connectivity index (χ3n) is 2.12. The molecule has 0 unspecified atom stereocenters. The van der Waals surface area contributed by atoms with E-state index >= 15 is 0 Å². The second-order valence-corrected chi connectivity index (χ2v) is 4.05. The number of fused-ring (bicyclic) bond motifs is 1. The summed E-state index contributed by atoms with van der Waals surface area (Å²) < 4.78 is 10.5. The van der Waals surface area contributed by atoms with Crippen LogP contribution in [-0.2, 0) is 0 Å². The van der Waals surface area contributed by atoms with E-state index in [0.717, 1.165) is 22.1 Å². The number of aromatic nitrogens is 1. The summed E-state index contributed by atoms with van der Waals surface area (Å²) in [5, 5.41) is 2.72. The minimum absolute atomic E-state index is 0.290. The van der Waals surface area contributed by atoms with Crippen molar-refractivity contribution in [1.29, 1.82) is 0 Å². The Morgan fingerprint density at radius 1 is 1.19 bits per heavy atom. The average molecular weight is 229 g/mol. The molecule has 78 valence electrons. The number of hydrogen-bond acceptors (Lipinski definition) is 4. The molecule has 1 aromatic heterocycles. The zero-order valence-electron chi connectivity index (χ0n) is 8.27. The fourth-order valence-electron chi connectivity index (χ4n) is 1.39. The van der Waals surface area contributed by atoms with E-state index in [1.165, 1.54) is 11.3 Å². The smallest absolute Gasteiger partial charge is 0.231 e. The number of thiazole rings is 1. The van der Waals surface area contributed by atoms with Crippen LogP contribution in [0.3, 0.4) is 0 Å². The zero-order valence-corrected chi connectivity index (χ0v) is 9.08. The molecule has 0 saturated carbocycles. The fraction of sp³-hybridized carbons (Fsp3) is 0.0833. The van der Waals surface area contributed by atoms with Gasteiger partial charge in [0, 0.05) is 17.1 Å². The van der Waals surface area contributed by atoms with E-state index in [4.69, 9.17) is 9.47 Å². The minimum atomic E-state index is 0.290. The fourth-order valence-corrected chi connectivity index (χ4v) is 1.87. The van der Waals surface area contributed by atoms with Crippen LogP contribution < -0.4 is 9.47 Å². The molecule has 0 saturated heterocycles. The lowest BCUT2D eigenvalue weighted by Crippen LogP contribution is -1.92. The van der Waals surface area contributed by atoms with Crippen LogP contribution >= 0.6 is 11.3 Å². The van der Waals surface area contributed by atoms with Gasteiger partial charge in [-0.25, -0.2) is 4.98 Å². The highest BCUT2D eigenvalue weighted by atomic mass is 32.1. The molecule has 1 aromatic carbocycles. The second-order valence-electron chi connectivity index (χ2n) is 3.16. The average Bonchev–Trinajstić information content (AvgIpc) is 2.97. The molecule has 0 bridgehead atoms. The summed E-state index contributed by atoms with van der Waals surface area (Å²) in [5.74, 6) is 7.57. The first kappa shape index (κ1) is 9.25. The van der Waals surface area contributed by atoms with Crippen molar-refractivity contribution in [3.63, 3.8) is 0 Å². The first-order valence-electron chi connectivity index (χ1n) is 4.73. The molecule has 0 aliphatic carbocycles. The van der Waals surface area contributed by atoms with Crippen molar-refractivity contribution in [3.05, 3.63) is 40.3 Å². The summed E-state index contributed by atoms with van der Waals surface area (Å²) in [4.78, 5) is 4.09. The van der Waals surface area contributed by atoms with E-state index in [1.54, 1.807) is 6.20 Å². The Balaban J connectivity index is 1.91. The summed E-state index contributed by atoms with van der Waals surface area (Å²) in [6.45, 7) is 0.290. The molecule has 16 heavy (non-hydrogen) atoms. The molecule has 0 spiro atoms. The lowest BCUT2D eigenvalue weighted by Gasteiger charge is -1.94. The van der Waals surface area contributed by atoms with E-state index in [2.05, 4.69) is 16.8 Å². The molecule has 3 rings (SSSR count). The van der Waals surface area contributed by atoms with Crippen LogP contribution in [-0.4, -0.2) is 11.8 Å². The van der Waals surface area contributed by atoms with Gasteiger partial charge in [-0.3, -0.25) is 0 Å². The van der Waals surface area contributed by atoms with Gasteiger partial charge in [-0.15, -0.1) is 11.3 Å². The maximum atomic E-state index is 5.27. The summed E-state index contributed by atoms with van der Waals surface area (Å²) in [6.07, 6.45) is 1.74. The largest absolute Gasteiger partial charge is 0.454 e. The molecule has 2 heterocycles. The van der Waals surface area contributed by atoms with Gasteiger partial charge in [0.2, 0.25) is 6.79 Å². The SMILES string of the molecule is C(#Cc1nccs1)c1ccc2c(c1)OCO2. The van der Waals surface area contributed by atoms with E-state index in [1.807, 2.05) is 23.6 Å². The topological polar surface area (TPSA) is 31.4 Å². The Hall–Kier alpha value is -1.99. The second kappa shape index (κ2) is 3.87. The van der Waals surface area contributed by atoms with Gasteiger partial charge in [-0.2, -0.15) is 0 Å². The Bertz CT molecular complexity index is 566. The van der Waals surface area contributed by atoms with Crippen molar-refractivity contribution in [3.8, 4) is 23.3 Å². The van der Waals surface area contributed by atoms with Crippen LogP contribution in [0.5, 0.6) is 11.5 Å². The third-order valence-corrected chi connectivity index (χ3v) is 2.81. The highest BCUT2D eigenvalue weighted by Crippen LogP contribution is 2.32. The van der Waals surface area contributed by atoms with Gasteiger partial charge in [0.1, 0.15) is 0 Å². The molecule has 2 aromatic rings. The third kappa shape index (κ3) is 1.73. The predicted molar refractivity (Wildman–Crippen MR) is 60.7 cm³/mol. The number of hydrogen-bond donors (Lipinski definition) is 0. The number of ether oxygens (including phenoxy) is 2. The first-order chi connectivity index (χ1) is 7.92. The Morgan fingerprint density at radius 2 is 2.12 bits per heavy atom. The normalized spacial score (nSPS) is 12.0. The maximum Gasteiger partial charge on any atom is 0.231 e. The molecular weight excluding hydrogens is 222 g/mol. The van der Waals surface area contributed by atoms with Gasteiger partial charge in [0.05, 0.1) is 0 Å². The van der Waals surface area contributed by atoms with Gasteiger partial charge in [0.25, 0.3) is 0 Å². The number of benzene rings is 1. The van der Waals surface area contributed by atoms with Gasteiger partial charge < -0.3 is 9.47 Å². The number of nitrogens with zero attached hydrogens (tertiary/aromatic N) is 1. The molecule has 4 heteroatoms. The summed E-state index contributed by atoms with van der Waals surface area (Å²) in [7, 11) is 0. The van der Waals surface area contributed by atoms with Crippen molar-refractivity contribution >= 4 is 11.3 Å². The monoisotopic (exact) mass is 229 g/mol. The molecule has 0 radical (unpaired) electrons. The van der Waals surface area contributed by atoms with Crippen LogP contribution in [0.2, 0.25) is 0 Å². The molecule has 1 aliphatic rings. The highest BCUT2D eigenvalue weighted by molar-refractivity contribution is 7.10.